The average Bonchev–Trinajstić information content (AvgIpc) is 2.32. The monoisotopic (exact) mass is 215 g/mol. The first-order valence-corrected chi connectivity index (χ1v) is 6.00. The summed E-state index contributed by atoms with van der Waals surface area (Å²) in [7, 11) is 0. The van der Waals surface area contributed by atoms with E-state index in [9.17, 15) is 0 Å². The highest BCUT2D eigenvalue weighted by Crippen LogP contribution is 2.17. The Morgan fingerprint density at radius 1 is 1.00 bits per heavy atom. The summed E-state index contributed by atoms with van der Waals surface area (Å²) in [5, 5.41) is 0. The second kappa shape index (κ2) is 5.56. The lowest BCUT2D eigenvalue weighted by molar-refractivity contribution is 1.15. The Morgan fingerprint density at radius 3 is 2.60 bits per heavy atom. The summed E-state index contributed by atoms with van der Waals surface area (Å²) >= 11 is 1.85. The van der Waals surface area contributed by atoms with E-state index in [1.165, 1.54) is 10.5 Å². The van der Waals surface area contributed by atoms with E-state index in [1.54, 1.807) is 6.20 Å². The number of pyridine rings is 1. The molecule has 0 radical (unpaired) electrons. The Labute approximate surface area is 94.6 Å². The van der Waals surface area contributed by atoms with Gasteiger partial charge >= 0.3 is 0 Å². The van der Waals surface area contributed by atoms with Crippen molar-refractivity contribution in [2.75, 3.05) is 5.75 Å². The number of hydrogen-bond donors (Lipinski definition) is 0. The van der Waals surface area contributed by atoms with Crippen LogP contribution in [0.1, 0.15) is 5.56 Å². The van der Waals surface area contributed by atoms with Gasteiger partial charge in [-0.05, 0) is 24.1 Å². The Bertz CT molecular complexity index is 346. The molecule has 0 bridgehead atoms. The highest BCUT2D eigenvalue weighted by atomic mass is 32.2. The lowest BCUT2D eigenvalue weighted by Gasteiger charge is -2.01. The van der Waals surface area contributed by atoms with E-state index in [0.717, 1.165) is 12.2 Å². The van der Waals surface area contributed by atoms with E-state index < -0.39 is 0 Å². The fourth-order valence-corrected chi connectivity index (χ4v) is 2.25. The van der Waals surface area contributed by atoms with Crippen LogP contribution in [-0.4, -0.2) is 10.7 Å². The smallest absolute Gasteiger partial charge is 0.0403 e. The van der Waals surface area contributed by atoms with Crippen LogP contribution in [0, 0.1) is 0 Å². The molecule has 0 aliphatic rings. The van der Waals surface area contributed by atoms with Crippen molar-refractivity contribution in [3.8, 4) is 0 Å². The van der Waals surface area contributed by atoms with Crippen LogP contribution in [0.3, 0.4) is 0 Å². The van der Waals surface area contributed by atoms with Crippen molar-refractivity contribution in [2.45, 2.75) is 11.3 Å². The minimum absolute atomic E-state index is 1.11. The van der Waals surface area contributed by atoms with E-state index in [1.807, 2.05) is 24.0 Å². The number of aromatic nitrogens is 1. The molecular weight excluding hydrogens is 202 g/mol. The van der Waals surface area contributed by atoms with Gasteiger partial charge in [0.1, 0.15) is 0 Å². The molecule has 1 aromatic carbocycles. The Balaban J connectivity index is 1.81. The quantitative estimate of drug-likeness (QED) is 0.725. The summed E-state index contributed by atoms with van der Waals surface area (Å²) in [4.78, 5) is 5.33. The summed E-state index contributed by atoms with van der Waals surface area (Å²) < 4.78 is 0. The third kappa shape index (κ3) is 3.40. The molecule has 0 fully saturated rings. The topological polar surface area (TPSA) is 12.9 Å². The molecule has 2 rings (SSSR count). The molecule has 0 saturated heterocycles. The summed E-state index contributed by atoms with van der Waals surface area (Å²) in [6.45, 7) is 0. The minimum atomic E-state index is 1.11. The molecular formula is C13H13NS. The van der Waals surface area contributed by atoms with Gasteiger partial charge in [0, 0.05) is 23.0 Å². The molecule has 1 aromatic heterocycles. The minimum Gasteiger partial charge on any atom is -0.264 e. The SMILES string of the molecule is c1ccc(CCSc2cccnc2)cc1. The molecule has 76 valence electrons. The van der Waals surface area contributed by atoms with Gasteiger partial charge in [-0.2, -0.15) is 0 Å². The van der Waals surface area contributed by atoms with Crippen LogP contribution in [0.25, 0.3) is 0 Å². The number of aryl methyl sites for hydroxylation is 1. The summed E-state index contributed by atoms with van der Waals surface area (Å²) in [5.74, 6) is 1.11. The van der Waals surface area contributed by atoms with Crippen molar-refractivity contribution >= 4 is 11.8 Å². The van der Waals surface area contributed by atoms with Crippen LogP contribution in [0.4, 0.5) is 0 Å². The van der Waals surface area contributed by atoms with E-state index in [4.69, 9.17) is 0 Å². The Hall–Kier alpha value is -1.28. The van der Waals surface area contributed by atoms with Crippen molar-refractivity contribution in [3.05, 3.63) is 60.4 Å². The zero-order valence-corrected chi connectivity index (χ0v) is 9.28. The Morgan fingerprint density at radius 2 is 1.87 bits per heavy atom. The fraction of sp³-hybridized carbons (Fsp3) is 0.154. The van der Waals surface area contributed by atoms with Crippen molar-refractivity contribution in [1.29, 1.82) is 0 Å². The van der Waals surface area contributed by atoms with Gasteiger partial charge in [0.05, 0.1) is 0 Å². The maximum Gasteiger partial charge on any atom is 0.0403 e. The predicted octanol–water partition coefficient (Wildman–Crippen LogP) is 3.42. The van der Waals surface area contributed by atoms with Gasteiger partial charge in [-0.25, -0.2) is 0 Å². The van der Waals surface area contributed by atoms with E-state index in [2.05, 4.69) is 41.4 Å². The molecule has 15 heavy (non-hydrogen) atoms. The highest BCUT2D eigenvalue weighted by molar-refractivity contribution is 7.99. The predicted molar refractivity (Wildman–Crippen MR) is 65.1 cm³/mol. The van der Waals surface area contributed by atoms with Crippen LogP contribution in [0.2, 0.25) is 0 Å². The number of hydrogen-bond acceptors (Lipinski definition) is 2. The third-order valence-electron chi connectivity index (χ3n) is 2.14. The second-order valence-electron chi connectivity index (χ2n) is 3.27. The zero-order valence-electron chi connectivity index (χ0n) is 8.47. The summed E-state index contributed by atoms with van der Waals surface area (Å²) in [5.41, 5.74) is 1.40. The number of thioether (sulfide) groups is 1. The van der Waals surface area contributed by atoms with Crippen LogP contribution in [-0.2, 0) is 6.42 Å². The first kappa shape index (κ1) is 10.2. The van der Waals surface area contributed by atoms with Crippen molar-refractivity contribution in [3.63, 3.8) is 0 Å². The van der Waals surface area contributed by atoms with Crippen LogP contribution in [0.15, 0.2) is 59.8 Å². The maximum absolute atomic E-state index is 4.09. The molecule has 0 aliphatic carbocycles. The molecule has 0 unspecified atom stereocenters. The van der Waals surface area contributed by atoms with E-state index in [0.29, 0.717) is 0 Å². The van der Waals surface area contributed by atoms with Gasteiger partial charge in [-0.3, -0.25) is 4.98 Å². The Kier molecular flexibility index (Phi) is 3.80. The zero-order chi connectivity index (χ0) is 10.3. The van der Waals surface area contributed by atoms with Gasteiger partial charge in [-0.1, -0.05) is 30.3 Å². The normalized spacial score (nSPS) is 10.1. The molecule has 0 spiro atoms. The molecule has 0 N–H and O–H groups in total. The largest absolute Gasteiger partial charge is 0.264 e. The maximum atomic E-state index is 4.09. The van der Waals surface area contributed by atoms with Crippen LogP contribution >= 0.6 is 11.8 Å². The van der Waals surface area contributed by atoms with Gasteiger partial charge in [-0.15, -0.1) is 11.8 Å². The average molecular weight is 215 g/mol. The second-order valence-corrected chi connectivity index (χ2v) is 4.44. The van der Waals surface area contributed by atoms with Gasteiger partial charge < -0.3 is 0 Å². The summed E-state index contributed by atoms with van der Waals surface area (Å²) in [6.07, 6.45) is 4.83. The molecule has 2 heteroatoms. The molecule has 2 aromatic rings. The lowest BCUT2D eigenvalue weighted by atomic mass is 10.2. The molecule has 0 atom stereocenters. The first-order valence-electron chi connectivity index (χ1n) is 5.02. The van der Waals surface area contributed by atoms with Crippen LogP contribution < -0.4 is 0 Å². The number of nitrogens with zero attached hydrogens (tertiary/aromatic N) is 1. The standard InChI is InChI=1S/C13H13NS/c1-2-5-12(6-3-1)8-10-15-13-7-4-9-14-11-13/h1-7,9,11H,8,10H2. The van der Waals surface area contributed by atoms with E-state index >= 15 is 0 Å². The number of benzene rings is 1. The van der Waals surface area contributed by atoms with Gasteiger partial charge in [0.15, 0.2) is 0 Å². The van der Waals surface area contributed by atoms with Gasteiger partial charge in [0.25, 0.3) is 0 Å². The molecule has 0 aliphatic heterocycles. The highest BCUT2D eigenvalue weighted by Gasteiger charge is 1.94. The molecule has 0 amide bonds. The number of rotatable bonds is 4. The van der Waals surface area contributed by atoms with Crippen molar-refractivity contribution < 1.29 is 0 Å². The van der Waals surface area contributed by atoms with E-state index in [-0.39, 0.29) is 0 Å². The lowest BCUT2D eigenvalue weighted by Crippen LogP contribution is -1.87. The van der Waals surface area contributed by atoms with Crippen LogP contribution in [0.5, 0.6) is 0 Å². The van der Waals surface area contributed by atoms with Crippen molar-refractivity contribution in [2.24, 2.45) is 0 Å². The fourth-order valence-electron chi connectivity index (χ4n) is 1.36. The molecule has 0 saturated carbocycles. The molecule has 1 nitrogen and oxygen atoms in total. The first-order chi connectivity index (χ1) is 7.45. The third-order valence-corrected chi connectivity index (χ3v) is 3.12. The summed E-state index contributed by atoms with van der Waals surface area (Å²) in [6, 6.07) is 14.6. The molecule has 1 heterocycles. The van der Waals surface area contributed by atoms with Gasteiger partial charge in [0.2, 0.25) is 0 Å². The van der Waals surface area contributed by atoms with Crippen molar-refractivity contribution in [1.82, 2.24) is 4.98 Å².